The molecule has 0 atom stereocenters. The van der Waals surface area contributed by atoms with Crippen molar-refractivity contribution in [2.75, 3.05) is 6.54 Å². The van der Waals surface area contributed by atoms with Gasteiger partial charge in [-0.15, -0.1) is 0 Å². The van der Waals surface area contributed by atoms with Crippen LogP contribution in [0.15, 0.2) is 5.11 Å². The van der Waals surface area contributed by atoms with Gasteiger partial charge >= 0.3 is 0 Å². The Morgan fingerprint density at radius 1 is 1.57 bits per heavy atom. The van der Waals surface area contributed by atoms with Gasteiger partial charge in [-0.2, -0.15) is 5.10 Å². The molecule has 0 fully saturated rings. The van der Waals surface area contributed by atoms with E-state index in [2.05, 4.69) is 27.0 Å². The van der Waals surface area contributed by atoms with Gasteiger partial charge in [0.15, 0.2) is 0 Å². The van der Waals surface area contributed by atoms with Gasteiger partial charge in [0.1, 0.15) is 0 Å². The van der Waals surface area contributed by atoms with Crippen LogP contribution in [0.2, 0.25) is 0 Å². The quantitative estimate of drug-likeness (QED) is 0.287. The van der Waals surface area contributed by atoms with Crippen LogP contribution in [0.4, 0.5) is 0 Å². The van der Waals surface area contributed by atoms with Crippen LogP contribution < -0.4 is 0 Å². The van der Waals surface area contributed by atoms with E-state index in [0.29, 0.717) is 0 Å². The molecule has 0 amide bonds. The Bertz CT molecular complexity index is 440. The summed E-state index contributed by atoms with van der Waals surface area (Å²) in [4.78, 5) is 2.62. The largest absolute Gasteiger partial charge is 0.271 e. The first-order chi connectivity index (χ1) is 6.66. The van der Waals surface area contributed by atoms with Crippen LogP contribution in [-0.4, -0.2) is 16.3 Å². The van der Waals surface area contributed by atoms with Crippen LogP contribution in [0.5, 0.6) is 0 Å². The normalized spacial score (nSPS) is 8.79. The zero-order valence-electron chi connectivity index (χ0n) is 8.44. The zero-order chi connectivity index (χ0) is 10.6. The lowest BCUT2D eigenvalue weighted by Crippen LogP contribution is -1.92. The fourth-order valence-electron chi connectivity index (χ4n) is 1.15. The molecular formula is C9H11N5. The summed E-state index contributed by atoms with van der Waals surface area (Å²) in [6, 6.07) is 0. The van der Waals surface area contributed by atoms with Crippen LogP contribution >= 0.6 is 0 Å². The maximum atomic E-state index is 8.05. The van der Waals surface area contributed by atoms with E-state index in [4.69, 9.17) is 5.53 Å². The van der Waals surface area contributed by atoms with Crippen molar-refractivity contribution in [2.24, 2.45) is 12.2 Å². The molecule has 5 heteroatoms. The second-order valence-electron chi connectivity index (χ2n) is 2.86. The molecule has 0 bridgehead atoms. The van der Waals surface area contributed by atoms with Gasteiger partial charge < -0.3 is 0 Å². The van der Waals surface area contributed by atoms with Gasteiger partial charge in [0.25, 0.3) is 0 Å². The molecule has 0 radical (unpaired) electrons. The first-order valence-corrected chi connectivity index (χ1v) is 4.16. The zero-order valence-corrected chi connectivity index (χ0v) is 8.44. The summed E-state index contributed by atoms with van der Waals surface area (Å²) in [5.74, 6) is 5.71. The lowest BCUT2D eigenvalue weighted by molar-refractivity contribution is 0.731. The fourth-order valence-corrected chi connectivity index (χ4v) is 1.15. The van der Waals surface area contributed by atoms with Gasteiger partial charge in [0.05, 0.1) is 23.5 Å². The van der Waals surface area contributed by atoms with Crippen molar-refractivity contribution in [1.82, 2.24) is 9.78 Å². The van der Waals surface area contributed by atoms with E-state index in [1.807, 2.05) is 20.9 Å². The van der Waals surface area contributed by atoms with Crippen molar-refractivity contribution in [3.05, 3.63) is 27.4 Å². The third kappa shape index (κ3) is 2.06. The molecule has 5 nitrogen and oxygen atoms in total. The molecule has 0 aliphatic rings. The summed E-state index contributed by atoms with van der Waals surface area (Å²) >= 11 is 0. The Balaban J connectivity index is 2.94. The number of aromatic nitrogens is 2. The molecule has 1 aromatic heterocycles. The van der Waals surface area contributed by atoms with Crippen LogP contribution in [0.1, 0.15) is 17.0 Å². The van der Waals surface area contributed by atoms with Crippen molar-refractivity contribution in [3.8, 4) is 11.8 Å². The van der Waals surface area contributed by atoms with Crippen LogP contribution in [-0.2, 0) is 7.05 Å². The number of rotatable bonds is 1. The Kier molecular flexibility index (Phi) is 3.16. The lowest BCUT2D eigenvalue weighted by Gasteiger charge is -1.91. The molecule has 0 N–H and O–H groups in total. The number of aryl methyl sites for hydroxylation is 2. The molecule has 1 rings (SSSR count). The summed E-state index contributed by atoms with van der Waals surface area (Å²) in [5.41, 5.74) is 10.9. The minimum atomic E-state index is 0.199. The summed E-state index contributed by atoms with van der Waals surface area (Å²) in [6.45, 7) is 4.06. The van der Waals surface area contributed by atoms with Gasteiger partial charge in [-0.3, -0.25) is 4.68 Å². The summed E-state index contributed by atoms with van der Waals surface area (Å²) < 4.78 is 1.78. The smallest absolute Gasteiger partial charge is 0.0880 e. The highest BCUT2D eigenvalue weighted by atomic mass is 15.3. The van der Waals surface area contributed by atoms with Crippen LogP contribution in [0.25, 0.3) is 10.4 Å². The number of azide groups is 1. The van der Waals surface area contributed by atoms with Crippen LogP contribution in [0, 0.1) is 25.7 Å². The summed E-state index contributed by atoms with van der Waals surface area (Å²) in [5, 5.41) is 7.55. The first kappa shape index (κ1) is 10.2. The van der Waals surface area contributed by atoms with Crippen molar-refractivity contribution in [1.29, 1.82) is 0 Å². The van der Waals surface area contributed by atoms with Crippen LogP contribution in [0.3, 0.4) is 0 Å². The highest BCUT2D eigenvalue weighted by Crippen LogP contribution is 2.09. The Morgan fingerprint density at radius 2 is 2.29 bits per heavy atom. The average molecular weight is 189 g/mol. The van der Waals surface area contributed by atoms with E-state index in [-0.39, 0.29) is 6.54 Å². The van der Waals surface area contributed by atoms with Crippen molar-refractivity contribution >= 4 is 0 Å². The third-order valence-electron chi connectivity index (χ3n) is 1.94. The van der Waals surface area contributed by atoms with E-state index in [0.717, 1.165) is 17.0 Å². The highest BCUT2D eigenvalue weighted by Gasteiger charge is 2.05. The van der Waals surface area contributed by atoms with Gasteiger partial charge in [-0.25, -0.2) is 0 Å². The molecule has 0 saturated carbocycles. The molecule has 1 heterocycles. The predicted molar refractivity (Wildman–Crippen MR) is 53.6 cm³/mol. The van der Waals surface area contributed by atoms with Crippen molar-refractivity contribution in [3.63, 3.8) is 0 Å². The SMILES string of the molecule is Cc1nn(C)c(C)c1C#CCN=[N+]=[N-]. The second kappa shape index (κ2) is 4.35. The van der Waals surface area contributed by atoms with Gasteiger partial charge in [0, 0.05) is 12.0 Å². The second-order valence-corrected chi connectivity index (χ2v) is 2.86. The maximum Gasteiger partial charge on any atom is 0.0880 e. The van der Waals surface area contributed by atoms with E-state index in [1.165, 1.54) is 0 Å². The highest BCUT2D eigenvalue weighted by molar-refractivity contribution is 5.41. The minimum Gasteiger partial charge on any atom is -0.271 e. The molecule has 0 aromatic carbocycles. The van der Waals surface area contributed by atoms with E-state index in [1.54, 1.807) is 4.68 Å². The third-order valence-corrected chi connectivity index (χ3v) is 1.94. The average Bonchev–Trinajstić information content (AvgIpc) is 2.38. The topological polar surface area (TPSA) is 66.6 Å². The van der Waals surface area contributed by atoms with Gasteiger partial charge in [-0.05, 0) is 19.4 Å². The fraction of sp³-hybridized carbons (Fsp3) is 0.444. The molecule has 0 aliphatic carbocycles. The standard InChI is InChI=1S/C9H11N5/c1-7-9(5-4-6-11-13-10)8(2)14(3)12-7/h6H2,1-3H3. The Labute approximate surface area is 82.4 Å². The molecule has 0 spiro atoms. The van der Waals surface area contributed by atoms with E-state index in [9.17, 15) is 0 Å². The van der Waals surface area contributed by atoms with Crippen molar-refractivity contribution in [2.45, 2.75) is 13.8 Å². The monoisotopic (exact) mass is 189 g/mol. The molecule has 1 aromatic rings. The predicted octanol–water partition coefficient (Wildman–Crippen LogP) is 1.70. The molecule has 0 unspecified atom stereocenters. The van der Waals surface area contributed by atoms with E-state index >= 15 is 0 Å². The summed E-state index contributed by atoms with van der Waals surface area (Å²) in [7, 11) is 1.88. The number of hydrogen-bond acceptors (Lipinski definition) is 2. The van der Waals surface area contributed by atoms with Crippen molar-refractivity contribution < 1.29 is 0 Å². The number of hydrogen-bond donors (Lipinski definition) is 0. The minimum absolute atomic E-state index is 0.199. The molecular weight excluding hydrogens is 178 g/mol. The Hall–Kier alpha value is -1.92. The Morgan fingerprint density at radius 3 is 2.79 bits per heavy atom. The molecule has 14 heavy (non-hydrogen) atoms. The maximum absolute atomic E-state index is 8.05. The molecule has 0 aliphatic heterocycles. The molecule has 0 saturated heterocycles. The first-order valence-electron chi connectivity index (χ1n) is 4.16. The summed E-state index contributed by atoms with van der Waals surface area (Å²) in [6.07, 6.45) is 0. The van der Waals surface area contributed by atoms with E-state index < -0.39 is 0 Å². The van der Waals surface area contributed by atoms with Gasteiger partial charge in [-0.1, -0.05) is 17.0 Å². The molecule has 72 valence electrons. The lowest BCUT2D eigenvalue weighted by atomic mass is 10.2. The van der Waals surface area contributed by atoms with Gasteiger partial charge in [0.2, 0.25) is 0 Å². The number of nitrogens with zero attached hydrogens (tertiary/aromatic N) is 5.